The summed E-state index contributed by atoms with van der Waals surface area (Å²) < 4.78 is 22.5. The molecule has 2 aromatic rings. The molecule has 0 amide bonds. The van der Waals surface area contributed by atoms with Gasteiger partial charge in [-0.2, -0.15) is 4.68 Å². The molecule has 2 aromatic heterocycles. The number of pyridine rings is 1. The zero-order valence-corrected chi connectivity index (χ0v) is 15.7. The van der Waals surface area contributed by atoms with Gasteiger partial charge >= 0.3 is 5.69 Å². The van der Waals surface area contributed by atoms with Crippen LogP contribution in [0.4, 0.5) is 10.1 Å². The first kappa shape index (κ1) is 17.5. The van der Waals surface area contributed by atoms with Crippen molar-refractivity contribution in [1.29, 1.82) is 0 Å². The second-order valence-corrected chi connectivity index (χ2v) is 8.29. The van der Waals surface area contributed by atoms with E-state index in [1.165, 1.54) is 7.11 Å². The van der Waals surface area contributed by atoms with Gasteiger partial charge in [-0.15, -0.1) is 0 Å². The van der Waals surface area contributed by atoms with Crippen molar-refractivity contribution in [2.24, 2.45) is 17.6 Å². The minimum absolute atomic E-state index is 0.0106. The summed E-state index contributed by atoms with van der Waals surface area (Å²) in [7, 11) is 1.44. The van der Waals surface area contributed by atoms with Gasteiger partial charge in [0.1, 0.15) is 11.2 Å². The molecule has 28 heavy (non-hydrogen) atoms. The predicted molar refractivity (Wildman–Crippen MR) is 103 cm³/mol. The highest BCUT2D eigenvalue weighted by Gasteiger charge is 2.43. The number of anilines is 1. The maximum atomic E-state index is 15.2. The lowest BCUT2D eigenvalue weighted by Gasteiger charge is -2.25. The van der Waals surface area contributed by atoms with E-state index in [4.69, 9.17) is 16.3 Å². The van der Waals surface area contributed by atoms with Crippen LogP contribution in [0.1, 0.15) is 37.2 Å². The minimum atomic E-state index is -0.784. The van der Waals surface area contributed by atoms with E-state index >= 15 is 4.39 Å². The number of hydrogen-bond donors (Lipinski definition) is 2. The molecule has 8 nitrogen and oxygen atoms in total. The van der Waals surface area contributed by atoms with Crippen molar-refractivity contribution >= 4 is 11.2 Å². The molecule has 3 unspecified atom stereocenters. The summed E-state index contributed by atoms with van der Waals surface area (Å²) in [4.78, 5) is 27.2. The number of aromatic nitrogens is 2. The molecular formula is C19H24FN5O3. The van der Waals surface area contributed by atoms with E-state index in [1.54, 1.807) is 0 Å². The third-order valence-corrected chi connectivity index (χ3v) is 6.67. The zero-order chi connectivity index (χ0) is 19.7. The minimum Gasteiger partial charge on any atom is -0.492 e. The van der Waals surface area contributed by atoms with Gasteiger partial charge in [-0.05, 0) is 43.4 Å². The van der Waals surface area contributed by atoms with Crippen molar-refractivity contribution in [3.05, 3.63) is 38.4 Å². The highest BCUT2D eigenvalue weighted by Crippen LogP contribution is 2.47. The summed E-state index contributed by atoms with van der Waals surface area (Å²) in [5.74, 6) is 6.10. The number of halogens is 1. The van der Waals surface area contributed by atoms with Crippen LogP contribution in [0.15, 0.2) is 15.8 Å². The lowest BCUT2D eigenvalue weighted by Crippen LogP contribution is -2.44. The fourth-order valence-corrected chi connectivity index (χ4v) is 5.12. The summed E-state index contributed by atoms with van der Waals surface area (Å²) in [6.07, 6.45) is 4.82. The van der Waals surface area contributed by atoms with Gasteiger partial charge in [-0.1, -0.05) is 0 Å². The van der Waals surface area contributed by atoms with Crippen LogP contribution in [0.2, 0.25) is 0 Å². The Morgan fingerprint density at radius 1 is 1.18 bits per heavy atom. The van der Waals surface area contributed by atoms with E-state index in [0.29, 0.717) is 46.4 Å². The van der Waals surface area contributed by atoms with Gasteiger partial charge < -0.3 is 21.2 Å². The summed E-state index contributed by atoms with van der Waals surface area (Å²) in [5.41, 5.74) is 5.98. The molecule has 0 aromatic carbocycles. The molecule has 1 aliphatic heterocycles. The SMILES string of the molecule is COc1c(N2CC3CCC(N)C3C2)c(F)cn2c(=O)n(N)c(=O)c(C3CC3)c12. The van der Waals surface area contributed by atoms with Gasteiger partial charge in [-0.3, -0.25) is 9.20 Å². The van der Waals surface area contributed by atoms with Gasteiger partial charge in [0.25, 0.3) is 5.56 Å². The first-order valence-electron chi connectivity index (χ1n) is 9.75. The molecule has 9 heteroatoms. The van der Waals surface area contributed by atoms with Crippen molar-refractivity contribution in [3.63, 3.8) is 0 Å². The van der Waals surface area contributed by atoms with Crippen LogP contribution in [0, 0.1) is 17.7 Å². The second-order valence-electron chi connectivity index (χ2n) is 8.29. The Morgan fingerprint density at radius 3 is 2.57 bits per heavy atom. The standard InChI is InChI=1S/C19H24FN5O3/c1-28-17-15(23-6-10-4-5-13(21)11(10)7-23)12(20)8-24-16(17)14(9-2-3-9)18(26)25(22)19(24)27/h8-11,13H,2-7,21-22H2,1H3. The van der Waals surface area contributed by atoms with Crippen molar-refractivity contribution in [2.45, 2.75) is 37.6 Å². The van der Waals surface area contributed by atoms with Crippen LogP contribution < -0.4 is 32.5 Å². The average molecular weight is 389 g/mol. The van der Waals surface area contributed by atoms with E-state index in [9.17, 15) is 9.59 Å². The van der Waals surface area contributed by atoms with Crippen LogP contribution in [0.5, 0.6) is 5.75 Å². The number of fused-ring (bicyclic) bond motifs is 2. The Morgan fingerprint density at radius 2 is 1.93 bits per heavy atom. The van der Waals surface area contributed by atoms with Crippen LogP contribution >= 0.6 is 0 Å². The Kier molecular flexibility index (Phi) is 3.74. The number of hydrogen-bond acceptors (Lipinski definition) is 6. The number of nitrogen functional groups attached to an aromatic ring is 1. The molecule has 0 radical (unpaired) electrons. The fraction of sp³-hybridized carbons (Fsp3) is 0.579. The predicted octanol–water partition coefficient (Wildman–Crippen LogP) is 0.374. The third kappa shape index (κ3) is 2.32. The maximum Gasteiger partial charge on any atom is 0.354 e. The maximum absolute atomic E-state index is 15.2. The smallest absolute Gasteiger partial charge is 0.354 e. The highest BCUT2D eigenvalue weighted by molar-refractivity contribution is 5.78. The fourth-order valence-electron chi connectivity index (χ4n) is 5.12. The molecule has 3 aliphatic rings. The van der Waals surface area contributed by atoms with Crippen molar-refractivity contribution in [3.8, 4) is 5.75 Å². The number of ether oxygens (including phenoxy) is 1. The quantitative estimate of drug-likeness (QED) is 0.735. The van der Waals surface area contributed by atoms with Crippen LogP contribution in [0.3, 0.4) is 0 Å². The average Bonchev–Trinajstić information content (AvgIpc) is 3.33. The van der Waals surface area contributed by atoms with E-state index in [1.807, 2.05) is 4.90 Å². The van der Waals surface area contributed by atoms with Crippen LogP contribution in [0.25, 0.3) is 5.52 Å². The topological polar surface area (TPSA) is 108 Å². The molecule has 1 saturated heterocycles. The van der Waals surface area contributed by atoms with E-state index in [2.05, 4.69) is 0 Å². The monoisotopic (exact) mass is 389 g/mol. The van der Waals surface area contributed by atoms with Gasteiger partial charge in [0, 0.05) is 19.1 Å². The third-order valence-electron chi connectivity index (χ3n) is 6.67. The largest absolute Gasteiger partial charge is 0.492 e. The first-order valence-corrected chi connectivity index (χ1v) is 9.75. The number of rotatable bonds is 3. The second kappa shape index (κ2) is 5.97. The normalized spacial score (nSPS) is 26.8. The number of methoxy groups -OCH3 is 1. The summed E-state index contributed by atoms with van der Waals surface area (Å²) in [6.45, 7) is 1.34. The molecule has 4 N–H and O–H groups in total. The van der Waals surface area contributed by atoms with Gasteiger partial charge in [0.15, 0.2) is 11.6 Å². The lowest BCUT2D eigenvalue weighted by molar-refractivity contribution is 0.412. The molecular weight excluding hydrogens is 365 g/mol. The highest BCUT2D eigenvalue weighted by atomic mass is 19.1. The van der Waals surface area contributed by atoms with E-state index < -0.39 is 17.1 Å². The van der Waals surface area contributed by atoms with Gasteiger partial charge in [0.05, 0.1) is 18.9 Å². The Bertz CT molecular complexity index is 1090. The molecule has 0 spiro atoms. The molecule has 3 heterocycles. The molecule has 150 valence electrons. The van der Waals surface area contributed by atoms with Crippen LogP contribution in [-0.2, 0) is 0 Å². The van der Waals surface area contributed by atoms with Gasteiger partial charge in [-0.25, -0.2) is 9.18 Å². The lowest BCUT2D eigenvalue weighted by atomic mass is 9.98. The summed E-state index contributed by atoms with van der Waals surface area (Å²) in [6, 6.07) is 0.124. The summed E-state index contributed by atoms with van der Waals surface area (Å²) >= 11 is 0. The molecule has 5 rings (SSSR count). The molecule has 0 bridgehead atoms. The number of nitrogens with two attached hydrogens (primary N) is 2. The molecule has 2 saturated carbocycles. The van der Waals surface area contributed by atoms with E-state index in [0.717, 1.165) is 36.3 Å². The zero-order valence-electron chi connectivity index (χ0n) is 15.7. The number of nitrogens with zero attached hydrogens (tertiary/aromatic N) is 3. The molecule has 3 fully saturated rings. The van der Waals surface area contributed by atoms with E-state index in [-0.39, 0.29) is 17.7 Å². The Hall–Kier alpha value is -2.55. The Balaban J connectivity index is 1.76. The Labute approximate surface area is 160 Å². The molecule has 3 atom stereocenters. The van der Waals surface area contributed by atoms with Crippen LogP contribution in [-0.4, -0.2) is 35.3 Å². The first-order chi connectivity index (χ1) is 13.4. The van der Waals surface area contributed by atoms with Crippen molar-refractivity contribution in [1.82, 2.24) is 9.08 Å². The molecule has 2 aliphatic carbocycles. The van der Waals surface area contributed by atoms with Crippen molar-refractivity contribution < 1.29 is 9.13 Å². The van der Waals surface area contributed by atoms with Gasteiger partial charge in [0.2, 0.25) is 0 Å². The van der Waals surface area contributed by atoms with Crippen molar-refractivity contribution in [2.75, 3.05) is 30.9 Å². The summed E-state index contributed by atoms with van der Waals surface area (Å²) in [5, 5.41) is 0.